The summed E-state index contributed by atoms with van der Waals surface area (Å²) in [7, 11) is -3.79. The highest BCUT2D eigenvalue weighted by Crippen LogP contribution is 2.22. The van der Waals surface area contributed by atoms with Crippen molar-refractivity contribution in [3.63, 3.8) is 0 Å². The predicted molar refractivity (Wildman–Crippen MR) is 105 cm³/mol. The van der Waals surface area contributed by atoms with Gasteiger partial charge >= 0.3 is 0 Å². The van der Waals surface area contributed by atoms with Gasteiger partial charge in [-0.25, -0.2) is 23.5 Å². The number of carbonyl (C=O) groups is 1. The van der Waals surface area contributed by atoms with Crippen LogP contribution >= 0.6 is 11.3 Å². The fraction of sp³-hybridized carbons (Fsp3) is 0.353. The van der Waals surface area contributed by atoms with Crippen molar-refractivity contribution in [3.05, 3.63) is 35.1 Å². The van der Waals surface area contributed by atoms with Gasteiger partial charge in [-0.1, -0.05) is 6.92 Å². The van der Waals surface area contributed by atoms with E-state index in [9.17, 15) is 13.2 Å². The van der Waals surface area contributed by atoms with Gasteiger partial charge in [-0.3, -0.25) is 4.79 Å². The first-order valence-corrected chi connectivity index (χ1v) is 10.9. The minimum Gasteiger partial charge on any atom is -0.328 e. The Morgan fingerprint density at radius 3 is 2.74 bits per heavy atom. The number of thiazole rings is 1. The van der Waals surface area contributed by atoms with Crippen LogP contribution in [0.4, 0.5) is 5.13 Å². The van der Waals surface area contributed by atoms with E-state index in [0.29, 0.717) is 17.1 Å². The molecule has 8 nitrogen and oxygen atoms in total. The van der Waals surface area contributed by atoms with Gasteiger partial charge in [-0.2, -0.15) is 0 Å². The van der Waals surface area contributed by atoms with Crippen molar-refractivity contribution in [2.45, 2.75) is 44.6 Å². The molecule has 1 amide bonds. The van der Waals surface area contributed by atoms with Crippen molar-refractivity contribution in [2.75, 3.05) is 5.32 Å². The van der Waals surface area contributed by atoms with E-state index >= 15 is 0 Å². The van der Waals surface area contributed by atoms with E-state index in [2.05, 4.69) is 15.3 Å². The van der Waals surface area contributed by atoms with Gasteiger partial charge in [0.2, 0.25) is 15.9 Å². The third-order valence-electron chi connectivity index (χ3n) is 4.02. The van der Waals surface area contributed by atoms with E-state index < -0.39 is 10.0 Å². The zero-order valence-electron chi connectivity index (χ0n) is 15.1. The van der Waals surface area contributed by atoms with Crippen LogP contribution in [0.1, 0.15) is 31.3 Å². The van der Waals surface area contributed by atoms with Gasteiger partial charge < -0.3 is 9.88 Å². The van der Waals surface area contributed by atoms with E-state index in [4.69, 9.17) is 5.14 Å². The third kappa shape index (κ3) is 4.52. The highest BCUT2D eigenvalue weighted by atomic mass is 32.2. The zero-order valence-corrected chi connectivity index (χ0v) is 16.7. The first-order valence-electron chi connectivity index (χ1n) is 8.52. The maximum absolute atomic E-state index is 12.2. The van der Waals surface area contributed by atoms with Crippen molar-refractivity contribution in [3.8, 4) is 0 Å². The monoisotopic (exact) mass is 407 g/mol. The summed E-state index contributed by atoms with van der Waals surface area (Å²) in [6.07, 6.45) is 1.59. The number of anilines is 1. The largest absolute Gasteiger partial charge is 0.328 e. The lowest BCUT2D eigenvalue weighted by Crippen LogP contribution is -2.14. The van der Waals surface area contributed by atoms with Gasteiger partial charge in [-0.15, -0.1) is 11.3 Å². The number of hydrogen-bond donors (Lipinski definition) is 2. The summed E-state index contributed by atoms with van der Waals surface area (Å²) >= 11 is 1.39. The highest BCUT2D eigenvalue weighted by Gasteiger charge is 2.15. The molecule has 1 aromatic carbocycles. The molecule has 0 aliphatic rings. The summed E-state index contributed by atoms with van der Waals surface area (Å²) in [6.45, 7) is 4.65. The van der Waals surface area contributed by atoms with Crippen LogP contribution in [0.5, 0.6) is 0 Å². The number of aromatic nitrogens is 3. The van der Waals surface area contributed by atoms with E-state index in [1.54, 1.807) is 6.07 Å². The number of amides is 1. The molecule has 0 aliphatic heterocycles. The number of benzene rings is 1. The Labute approximate surface area is 161 Å². The predicted octanol–water partition coefficient (Wildman–Crippen LogP) is 2.43. The molecule has 3 rings (SSSR count). The lowest BCUT2D eigenvalue weighted by molar-refractivity contribution is -0.116. The quantitative estimate of drug-likeness (QED) is 0.623. The third-order valence-corrected chi connectivity index (χ3v) is 5.80. The molecule has 2 heterocycles. The summed E-state index contributed by atoms with van der Waals surface area (Å²) in [5.74, 6) is 0.605. The van der Waals surface area contributed by atoms with Crippen molar-refractivity contribution >= 4 is 43.4 Å². The number of hydrogen-bond acceptors (Lipinski definition) is 6. The molecule has 2 aromatic heterocycles. The van der Waals surface area contributed by atoms with Crippen LogP contribution in [0.25, 0.3) is 11.0 Å². The van der Waals surface area contributed by atoms with Crippen LogP contribution in [-0.2, 0) is 27.8 Å². The standard InChI is InChI=1S/C17H21N5O3S2/c1-3-8-22-14-5-4-12(27(18,24)25)9-13(14)20-15(22)6-7-16(23)21-17-19-11(2)10-26-17/h4-5,9-10H,3,6-8H2,1-2H3,(H2,18,24,25)(H,19,21,23). The number of nitrogens with one attached hydrogen (secondary N) is 1. The fourth-order valence-electron chi connectivity index (χ4n) is 2.82. The average Bonchev–Trinajstić information content (AvgIpc) is 3.15. The lowest BCUT2D eigenvalue weighted by Gasteiger charge is -2.08. The van der Waals surface area contributed by atoms with E-state index in [0.717, 1.165) is 30.0 Å². The SMILES string of the molecule is CCCn1c(CCC(=O)Nc2nc(C)cs2)nc2cc(S(N)(=O)=O)ccc21. The van der Waals surface area contributed by atoms with Gasteiger partial charge in [0.25, 0.3) is 0 Å². The summed E-state index contributed by atoms with van der Waals surface area (Å²) in [4.78, 5) is 21.0. The maximum atomic E-state index is 12.2. The average molecular weight is 408 g/mol. The molecule has 27 heavy (non-hydrogen) atoms. The van der Waals surface area contributed by atoms with E-state index in [-0.39, 0.29) is 17.2 Å². The summed E-state index contributed by atoms with van der Waals surface area (Å²) < 4.78 is 25.2. The van der Waals surface area contributed by atoms with E-state index in [1.807, 2.05) is 23.8 Å². The first-order chi connectivity index (χ1) is 12.8. The number of fused-ring (bicyclic) bond motifs is 1. The molecule has 0 bridgehead atoms. The second-order valence-electron chi connectivity index (χ2n) is 6.22. The van der Waals surface area contributed by atoms with Gasteiger partial charge in [0.15, 0.2) is 5.13 Å². The van der Waals surface area contributed by atoms with Crippen molar-refractivity contribution in [1.29, 1.82) is 0 Å². The molecule has 0 unspecified atom stereocenters. The number of rotatable bonds is 7. The molecule has 3 aromatic rings. The van der Waals surface area contributed by atoms with Crippen LogP contribution in [0.2, 0.25) is 0 Å². The first kappa shape index (κ1) is 19.5. The number of nitrogens with zero attached hydrogens (tertiary/aromatic N) is 3. The molecule has 0 spiro atoms. The molecule has 10 heteroatoms. The molecular weight excluding hydrogens is 386 g/mol. The second kappa shape index (κ2) is 7.75. The molecule has 0 aliphatic carbocycles. The van der Waals surface area contributed by atoms with Crippen LogP contribution in [0.15, 0.2) is 28.5 Å². The summed E-state index contributed by atoms with van der Waals surface area (Å²) in [5.41, 5.74) is 2.25. The van der Waals surface area contributed by atoms with Gasteiger partial charge in [0.1, 0.15) is 5.82 Å². The second-order valence-corrected chi connectivity index (χ2v) is 8.64. The van der Waals surface area contributed by atoms with Gasteiger partial charge in [-0.05, 0) is 31.5 Å². The Hall–Kier alpha value is -2.30. The van der Waals surface area contributed by atoms with Gasteiger partial charge in [0.05, 0.1) is 21.6 Å². The molecule has 0 saturated heterocycles. The number of aryl methyl sites for hydroxylation is 3. The number of sulfonamides is 1. The highest BCUT2D eigenvalue weighted by molar-refractivity contribution is 7.89. The Balaban J connectivity index is 1.82. The number of carbonyl (C=O) groups excluding carboxylic acids is 1. The lowest BCUT2D eigenvalue weighted by atomic mass is 10.2. The minimum atomic E-state index is -3.79. The molecule has 144 valence electrons. The summed E-state index contributed by atoms with van der Waals surface area (Å²) in [6, 6.07) is 4.66. The molecule has 0 atom stereocenters. The topological polar surface area (TPSA) is 120 Å². The minimum absolute atomic E-state index is 0.0274. The molecular formula is C17H21N5O3S2. The Morgan fingerprint density at radius 1 is 1.33 bits per heavy atom. The Bertz CT molecular complexity index is 1090. The summed E-state index contributed by atoms with van der Waals surface area (Å²) in [5, 5.41) is 10.4. The van der Waals surface area contributed by atoms with Crippen molar-refractivity contribution < 1.29 is 13.2 Å². The number of nitrogens with two attached hydrogens (primary N) is 1. The number of primary sulfonamides is 1. The Kier molecular flexibility index (Phi) is 5.59. The van der Waals surface area contributed by atoms with Crippen LogP contribution < -0.4 is 10.5 Å². The molecule has 0 fully saturated rings. The van der Waals surface area contributed by atoms with Crippen LogP contribution in [-0.4, -0.2) is 28.9 Å². The zero-order chi connectivity index (χ0) is 19.6. The Morgan fingerprint density at radius 2 is 2.11 bits per heavy atom. The smallest absolute Gasteiger partial charge is 0.238 e. The molecule has 0 saturated carbocycles. The molecule has 0 radical (unpaired) electrons. The fourth-order valence-corrected chi connectivity index (χ4v) is 4.06. The van der Waals surface area contributed by atoms with Crippen molar-refractivity contribution in [2.24, 2.45) is 5.14 Å². The van der Waals surface area contributed by atoms with Crippen LogP contribution in [0, 0.1) is 6.92 Å². The molecule has 3 N–H and O–H groups in total. The van der Waals surface area contributed by atoms with E-state index in [1.165, 1.54) is 23.5 Å². The van der Waals surface area contributed by atoms with Crippen LogP contribution in [0.3, 0.4) is 0 Å². The maximum Gasteiger partial charge on any atom is 0.238 e. The van der Waals surface area contributed by atoms with Gasteiger partial charge in [0, 0.05) is 24.8 Å². The van der Waals surface area contributed by atoms with Crippen molar-refractivity contribution in [1.82, 2.24) is 14.5 Å². The normalized spacial score (nSPS) is 11.8. The number of imidazole rings is 1.